The topological polar surface area (TPSA) is 40.5 Å². The maximum atomic E-state index is 9.18. The van der Waals surface area contributed by atoms with Crippen molar-refractivity contribution in [2.24, 2.45) is 0 Å². The Labute approximate surface area is 64.0 Å². The molecule has 0 aliphatic heterocycles. The second-order valence-electron chi connectivity index (χ2n) is 2.45. The first-order valence-corrected chi connectivity index (χ1v) is 4.14. The lowest BCUT2D eigenvalue weighted by Crippen LogP contribution is -2.28. The third kappa shape index (κ3) is 4.88. The van der Waals surface area contributed by atoms with Crippen molar-refractivity contribution in [1.82, 2.24) is 0 Å². The Balaban J connectivity index is 3.33. The molecule has 0 bridgehead atoms. The Hall–Kier alpha value is 0.400. The van der Waals surface area contributed by atoms with Crippen molar-refractivity contribution in [3.05, 3.63) is 0 Å². The molecule has 9 heavy (non-hydrogen) atoms. The first-order valence-electron chi connectivity index (χ1n) is 3.01. The molecule has 1 atom stereocenters. The predicted molar refractivity (Wildman–Crippen MR) is 40.7 cm³/mol. The lowest BCUT2D eigenvalue weighted by atomic mass is 10.0. The molecular weight excluding hydrogens is 184 g/mol. The van der Waals surface area contributed by atoms with Gasteiger partial charge in [0.1, 0.15) is 0 Å². The van der Waals surface area contributed by atoms with Gasteiger partial charge in [0, 0.05) is 5.33 Å². The van der Waals surface area contributed by atoms with Crippen LogP contribution in [0.2, 0.25) is 0 Å². The van der Waals surface area contributed by atoms with Crippen LogP contribution in [-0.2, 0) is 0 Å². The van der Waals surface area contributed by atoms with Gasteiger partial charge in [-0.3, -0.25) is 0 Å². The highest BCUT2D eigenvalue weighted by atomic mass is 79.9. The molecular formula is C6H13BrO2. The maximum Gasteiger partial charge on any atom is 0.0849 e. The second-order valence-corrected chi connectivity index (χ2v) is 3.24. The number of hydrogen-bond acceptors (Lipinski definition) is 2. The zero-order valence-corrected chi connectivity index (χ0v) is 7.19. The van der Waals surface area contributed by atoms with Gasteiger partial charge >= 0.3 is 0 Å². The van der Waals surface area contributed by atoms with Gasteiger partial charge in [0.25, 0.3) is 0 Å². The van der Waals surface area contributed by atoms with Crippen LogP contribution in [0.1, 0.15) is 19.8 Å². The molecule has 0 amide bonds. The molecule has 2 N–H and O–H groups in total. The monoisotopic (exact) mass is 196 g/mol. The number of alkyl halides is 1. The summed E-state index contributed by atoms with van der Waals surface area (Å²) < 4.78 is 0. The predicted octanol–water partition coefficient (Wildman–Crippen LogP) is 0.905. The van der Waals surface area contributed by atoms with Crippen molar-refractivity contribution in [3.63, 3.8) is 0 Å². The fourth-order valence-electron chi connectivity index (χ4n) is 0.527. The summed E-state index contributed by atoms with van der Waals surface area (Å²) in [6, 6.07) is 0. The summed E-state index contributed by atoms with van der Waals surface area (Å²) in [4.78, 5) is 0. The van der Waals surface area contributed by atoms with Crippen LogP contribution in [-0.4, -0.2) is 27.8 Å². The molecule has 3 heteroatoms. The fraction of sp³-hybridized carbons (Fsp3) is 1.00. The van der Waals surface area contributed by atoms with Crippen molar-refractivity contribution in [3.8, 4) is 0 Å². The van der Waals surface area contributed by atoms with E-state index in [9.17, 15) is 5.11 Å². The standard InChI is InChI=1S/C6H13BrO2/c1-6(9,5-8)3-2-4-7/h8-9H,2-5H2,1H3. The molecule has 0 aliphatic carbocycles. The highest BCUT2D eigenvalue weighted by Gasteiger charge is 2.16. The molecule has 0 aromatic heterocycles. The molecule has 0 rings (SSSR count). The van der Waals surface area contributed by atoms with Crippen LogP contribution in [0, 0.1) is 0 Å². The molecule has 2 nitrogen and oxygen atoms in total. The Morgan fingerprint density at radius 1 is 1.56 bits per heavy atom. The molecule has 0 saturated heterocycles. The molecule has 1 unspecified atom stereocenters. The van der Waals surface area contributed by atoms with Gasteiger partial charge in [0.05, 0.1) is 12.2 Å². The van der Waals surface area contributed by atoms with Gasteiger partial charge in [-0.25, -0.2) is 0 Å². The minimum absolute atomic E-state index is 0.153. The van der Waals surface area contributed by atoms with Crippen LogP contribution in [0.3, 0.4) is 0 Å². The van der Waals surface area contributed by atoms with Crippen molar-refractivity contribution in [2.75, 3.05) is 11.9 Å². The van der Waals surface area contributed by atoms with E-state index < -0.39 is 5.60 Å². The Morgan fingerprint density at radius 2 is 2.11 bits per heavy atom. The average Bonchev–Trinajstić information content (AvgIpc) is 1.84. The molecule has 0 saturated carbocycles. The quantitative estimate of drug-likeness (QED) is 0.657. The number of hydrogen-bond donors (Lipinski definition) is 2. The maximum absolute atomic E-state index is 9.18. The summed E-state index contributed by atoms with van der Waals surface area (Å²) in [5, 5.41) is 18.6. The van der Waals surface area contributed by atoms with Gasteiger partial charge in [-0.1, -0.05) is 15.9 Å². The zero-order chi connectivity index (χ0) is 7.33. The summed E-state index contributed by atoms with van der Waals surface area (Å²) in [6.07, 6.45) is 1.54. The van der Waals surface area contributed by atoms with E-state index in [0.717, 1.165) is 11.8 Å². The third-order valence-electron chi connectivity index (χ3n) is 1.19. The minimum atomic E-state index is -0.881. The van der Waals surface area contributed by atoms with Crippen LogP contribution in [0.15, 0.2) is 0 Å². The number of aliphatic hydroxyl groups excluding tert-OH is 1. The SMILES string of the molecule is CC(O)(CO)CCCBr. The van der Waals surface area contributed by atoms with E-state index in [4.69, 9.17) is 5.11 Å². The second kappa shape index (κ2) is 4.25. The van der Waals surface area contributed by atoms with Crippen molar-refractivity contribution < 1.29 is 10.2 Å². The number of halogens is 1. The highest BCUT2D eigenvalue weighted by Crippen LogP contribution is 2.10. The lowest BCUT2D eigenvalue weighted by molar-refractivity contribution is -0.00524. The summed E-state index contributed by atoms with van der Waals surface area (Å²) in [5.41, 5.74) is -0.881. The summed E-state index contributed by atoms with van der Waals surface area (Å²) in [5.74, 6) is 0. The van der Waals surface area contributed by atoms with Gasteiger partial charge in [-0.2, -0.15) is 0 Å². The molecule has 56 valence electrons. The van der Waals surface area contributed by atoms with E-state index in [0.29, 0.717) is 6.42 Å². The Kier molecular flexibility index (Phi) is 4.44. The van der Waals surface area contributed by atoms with E-state index in [2.05, 4.69) is 15.9 Å². The lowest BCUT2D eigenvalue weighted by Gasteiger charge is -2.18. The van der Waals surface area contributed by atoms with Crippen molar-refractivity contribution >= 4 is 15.9 Å². The van der Waals surface area contributed by atoms with Crippen LogP contribution < -0.4 is 0 Å². The van der Waals surface area contributed by atoms with Crippen molar-refractivity contribution in [1.29, 1.82) is 0 Å². The van der Waals surface area contributed by atoms with E-state index >= 15 is 0 Å². The Morgan fingerprint density at radius 3 is 2.44 bits per heavy atom. The molecule has 0 spiro atoms. The van der Waals surface area contributed by atoms with Crippen LogP contribution >= 0.6 is 15.9 Å². The number of rotatable bonds is 4. The minimum Gasteiger partial charge on any atom is -0.393 e. The van der Waals surface area contributed by atoms with E-state index in [1.165, 1.54) is 0 Å². The van der Waals surface area contributed by atoms with E-state index in [1.807, 2.05) is 0 Å². The van der Waals surface area contributed by atoms with Gasteiger partial charge in [-0.05, 0) is 19.8 Å². The molecule has 0 aromatic rings. The van der Waals surface area contributed by atoms with Crippen LogP contribution in [0.25, 0.3) is 0 Å². The first kappa shape index (κ1) is 9.40. The van der Waals surface area contributed by atoms with E-state index in [-0.39, 0.29) is 6.61 Å². The smallest absolute Gasteiger partial charge is 0.0849 e. The zero-order valence-electron chi connectivity index (χ0n) is 5.60. The Bertz CT molecular complexity index is 73.5. The van der Waals surface area contributed by atoms with Crippen LogP contribution in [0.4, 0.5) is 0 Å². The van der Waals surface area contributed by atoms with Gasteiger partial charge in [-0.15, -0.1) is 0 Å². The fourth-order valence-corrected chi connectivity index (χ4v) is 0.807. The highest BCUT2D eigenvalue weighted by molar-refractivity contribution is 9.09. The number of aliphatic hydroxyl groups is 2. The molecule has 0 aliphatic rings. The molecule has 0 fully saturated rings. The molecule has 0 heterocycles. The largest absolute Gasteiger partial charge is 0.393 e. The molecule has 0 aromatic carbocycles. The van der Waals surface area contributed by atoms with Gasteiger partial charge in [0.15, 0.2) is 0 Å². The van der Waals surface area contributed by atoms with E-state index in [1.54, 1.807) is 6.92 Å². The summed E-state index contributed by atoms with van der Waals surface area (Å²) in [6.45, 7) is 1.48. The average molecular weight is 197 g/mol. The first-order chi connectivity index (χ1) is 4.12. The summed E-state index contributed by atoms with van der Waals surface area (Å²) >= 11 is 3.24. The van der Waals surface area contributed by atoms with Crippen LogP contribution in [0.5, 0.6) is 0 Å². The normalized spacial score (nSPS) is 17.3. The summed E-state index contributed by atoms with van der Waals surface area (Å²) in [7, 11) is 0. The third-order valence-corrected chi connectivity index (χ3v) is 1.75. The van der Waals surface area contributed by atoms with Gasteiger partial charge < -0.3 is 10.2 Å². The van der Waals surface area contributed by atoms with Crippen molar-refractivity contribution in [2.45, 2.75) is 25.4 Å². The molecule has 0 radical (unpaired) electrons. The van der Waals surface area contributed by atoms with Gasteiger partial charge in [0.2, 0.25) is 0 Å².